The topological polar surface area (TPSA) is 17.0 Å². The van der Waals surface area contributed by atoms with Gasteiger partial charge < -0.3 is 9.88 Å². The minimum Gasteiger partial charge on any atom is -0.347 e. The van der Waals surface area contributed by atoms with E-state index < -0.39 is 0 Å². The molecule has 0 bridgehead atoms. The first-order chi connectivity index (χ1) is 8.85. The highest BCUT2D eigenvalue weighted by atomic mass is 14.9. The molecule has 0 aliphatic heterocycles. The zero-order chi connectivity index (χ0) is 12.8. The van der Waals surface area contributed by atoms with Crippen LogP contribution in [0.15, 0.2) is 30.5 Å². The zero-order valence-corrected chi connectivity index (χ0v) is 11.6. The highest BCUT2D eigenvalue weighted by molar-refractivity contribution is 5.80. The Balaban J connectivity index is 2.14. The van der Waals surface area contributed by atoms with Crippen molar-refractivity contribution >= 4 is 10.9 Å². The maximum absolute atomic E-state index is 3.38. The first-order valence-corrected chi connectivity index (χ1v) is 7.13. The normalized spacial score (nSPS) is 11.2. The molecule has 0 saturated carbocycles. The van der Waals surface area contributed by atoms with Gasteiger partial charge in [-0.05, 0) is 36.0 Å². The number of hydrogen-bond donors (Lipinski definition) is 1. The summed E-state index contributed by atoms with van der Waals surface area (Å²) in [6.45, 7) is 7.53. The van der Waals surface area contributed by atoms with Crippen LogP contribution in [0, 0.1) is 0 Å². The number of hydrogen-bond acceptors (Lipinski definition) is 1. The van der Waals surface area contributed by atoms with Gasteiger partial charge in [-0.25, -0.2) is 0 Å². The smallest absolute Gasteiger partial charge is 0.0483 e. The van der Waals surface area contributed by atoms with Gasteiger partial charge in [0.25, 0.3) is 0 Å². The Labute approximate surface area is 110 Å². The Morgan fingerprint density at radius 3 is 2.78 bits per heavy atom. The Bertz CT molecular complexity index is 485. The summed E-state index contributed by atoms with van der Waals surface area (Å²) in [7, 11) is 0. The third kappa shape index (κ3) is 3.14. The van der Waals surface area contributed by atoms with Crippen LogP contribution in [0.25, 0.3) is 10.9 Å². The predicted molar refractivity (Wildman–Crippen MR) is 78.8 cm³/mol. The first kappa shape index (κ1) is 13.2. The fourth-order valence-corrected chi connectivity index (χ4v) is 2.34. The molecule has 0 atom stereocenters. The number of rotatable bonds is 7. The Kier molecular flexibility index (Phi) is 4.82. The molecule has 2 rings (SSSR count). The minimum absolute atomic E-state index is 0.965. The van der Waals surface area contributed by atoms with E-state index in [4.69, 9.17) is 0 Å². The lowest BCUT2D eigenvalue weighted by Crippen LogP contribution is -2.11. The lowest BCUT2D eigenvalue weighted by Gasteiger charge is -2.07. The maximum atomic E-state index is 3.38. The second-order valence-electron chi connectivity index (χ2n) is 4.89. The van der Waals surface area contributed by atoms with Crippen molar-refractivity contribution in [1.82, 2.24) is 9.88 Å². The molecule has 0 unspecified atom stereocenters. The monoisotopic (exact) mass is 244 g/mol. The van der Waals surface area contributed by atoms with Crippen molar-refractivity contribution in [3.8, 4) is 0 Å². The third-order valence-corrected chi connectivity index (χ3v) is 3.42. The van der Waals surface area contributed by atoms with E-state index in [0.29, 0.717) is 0 Å². The molecule has 0 amide bonds. The molecule has 0 fully saturated rings. The van der Waals surface area contributed by atoms with E-state index >= 15 is 0 Å². The molecular formula is C16H24N2. The van der Waals surface area contributed by atoms with Crippen LogP contribution >= 0.6 is 0 Å². The predicted octanol–water partition coefficient (Wildman–Crippen LogP) is 3.94. The standard InChI is InChI=1S/C16H24N2/c1-3-5-6-10-18-11-9-15-8-7-14(12-16(15)18)13-17-4-2/h7-9,11-12,17H,3-6,10,13H2,1-2H3. The molecule has 0 aliphatic rings. The van der Waals surface area contributed by atoms with Crippen LogP contribution in [0.3, 0.4) is 0 Å². The fourth-order valence-electron chi connectivity index (χ4n) is 2.34. The van der Waals surface area contributed by atoms with E-state index in [-0.39, 0.29) is 0 Å². The van der Waals surface area contributed by atoms with Crippen molar-refractivity contribution in [2.24, 2.45) is 0 Å². The van der Waals surface area contributed by atoms with Crippen LogP contribution in [-0.2, 0) is 13.1 Å². The van der Waals surface area contributed by atoms with Gasteiger partial charge in [-0.2, -0.15) is 0 Å². The van der Waals surface area contributed by atoms with Crippen molar-refractivity contribution in [3.05, 3.63) is 36.0 Å². The van der Waals surface area contributed by atoms with Crippen molar-refractivity contribution < 1.29 is 0 Å². The first-order valence-electron chi connectivity index (χ1n) is 7.13. The van der Waals surface area contributed by atoms with Crippen LogP contribution in [-0.4, -0.2) is 11.1 Å². The van der Waals surface area contributed by atoms with Gasteiger partial charge in [-0.3, -0.25) is 0 Å². The summed E-state index contributed by atoms with van der Waals surface area (Å²) in [5.41, 5.74) is 2.75. The summed E-state index contributed by atoms with van der Waals surface area (Å²) in [5.74, 6) is 0. The van der Waals surface area contributed by atoms with Gasteiger partial charge in [-0.1, -0.05) is 38.8 Å². The maximum Gasteiger partial charge on any atom is 0.0483 e. The Morgan fingerprint density at radius 1 is 1.11 bits per heavy atom. The van der Waals surface area contributed by atoms with E-state index in [1.54, 1.807) is 0 Å². The van der Waals surface area contributed by atoms with Gasteiger partial charge in [0.05, 0.1) is 0 Å². The highest BCUT2D eigenvalue weighted by Crippen LogP contribution is 2.18. The number of fused-ring (bicyclic) bond motifs is 1. The zero-order valence-electron chi connectivity index (χ0n) is 11.6. The van der Waals surface area contributed by atoms with Gasteiger partial charge in [0.1, 0.15) is 0 Å². The van der Waals surface area contributed by atoms with Gasteiger partial charge >= 0.3 is 0 Å². The van der Waals surface area contributed by atoms with Crippen LogP contribution in [0.2, 0.25) is 0 Å². The number of aromatic nitrogens is 1. The summed E-state index contributed by atoms with van der Waals surface area (Å²) in [4.78, 5) is 0. The van der Waals surface area contributed by atoms with Crippen molar-refractivity contribution in [2.75, 3.05) is 6.54 Å². The number of nitrogens with zero attached hydrogens (tertiary/aromatic N) is 1. The van der Waals surface area contributed by atoms with Crippen molar-refractivity contribution in [1.29, 1.82) is 0 Å². The Morgan fingerprint density at radius 2 is 2.00 bits per heavy atom. The van der Waals surface area contributed by atoms with Crippen LogP contribution in [0.4, 0.5) is 0 Å². The largest absolute Gasteiger partial charge is 0.347 e. The van der Waals surface area contributed by atoms with Gasteiger partial charge in [0.2, 0.25) is 0 Å². The lowest BCUT2D eigenvalue weighted by molar-refractivity contribution is 0.616. The molecule has 2 nitrogen and oxygen atoms in total. The lowest BCUT2D eigenvalue weighted by atomic mass is 10.1. The van der Waals surface area contributed by atoms with Crippen LogP contribution in [0.5, 0.6) is 0 Å². The summed E-state index contributed by atoms with van der Waals surface area (Å²) in [6, 6.07) is 9.00. The molecule has 0 radical (unpaired) electrons. The third-order valence-electron chi connectivity index (χ3n) is 3.42. The second kappa shape index (κ2) is 6.60. The summed E-state index contributed by atoms with van der Waals surface area (Å²) in [5, 5.41) is 4.74. The van der Waals surface area contributed by atoms with E-state index in [9.17, 15) is 0 Å². The molecule has 1 aromatic carbocycles. The SMILES string of the molecule is CCCCCn1ccc2ccc(CNCC)cc21. The molecule has 0 spiro atoms. The van der Waals surface area contributed by atoms with E-state index in [2.05, 4.69) is 54.2 Å². The van der Waals surface area contributed by atoms with E-state index in [1.807, 2.05) is 0 Å². The molecular weight excluding hydrogens is 220 g/mol. The van der Waals surface area contributed by atoms with Crippen molar-refractivity contribution in [3.63, 3.8) is 0 Å². The fraction of sp³-hybridized carbons (Fsp3) is 0.500. The molecule has 98 valence electrons. The van der Waals surface area contributed by atoms with Crippen LogP contribution in [0.1, 0.15) is 38.7 Å². The molecule has 1 aromatic heterocycles. The van der Waals surface area contributed by atoms with Gasteiger partial charge in [-0.15, -0.1) is 0 Å². The van der Waals surface area contributed by atoms with Gasteiger partial charge in [0, 0.05) is 24.8 Å². The molecule has 2 aromatic rings. The summed E-state index contributed by atoms with van der Waals surface area (Å²) < 4.78 is 2.39. The molecule has 0 aliphatic carbocycles. The summed E-state index contributed by atoms with van der Waals surface area (Å²) >= 11 is 0. The molecule has 18 heavy (non-hydrogen) atoms. The van der Waals surface area contributed by atoms with E-state index in [0.717, 1.165) is 19.6 Å². The van der Waals surface area contributed by atoms with Crippen molar-refractivity contribution in [2.45, 2.75) is 46.2 Å². The average Bonchev–Trinajstić information content (AvgIpc) is 2.79. The molecule has 2 heteroatoms. The second-order valence-corrected chi connectivity index (χ2v) is 4.89. The highest BCUT2D eigenvalue weighted by Gasteiger charge is 2.02. The molecule has 0 saturated heterocycles. The number of unbranched alkanes of at least 4 members (excludes halogenated alkanes) is 2. The minimum atomic E-state index is 0.965. The molecule has 1 N–H and O–H groups in total. The quantitative estimate of drug-likeness (QED) is 0.730. The van der Waals surface area contributed by atoms with E-state index in [1.165, 1.54) is 35.7 Å². The summed E-state index contributed by atoms with van der Waals surface area (Å²) in [6.07, 6.45) is 6.09. The molecule has 1 heterocycles. The number of benzene rings is 1. The number of aryl methyl sites for hydroxylation is 1. The average molecular weight is 244 g/mol. The Hall–Kier alpha value is -1.28. The number of nitrogens with one attached hydrogen (secondary N) is 1. The van der Waals surface area contributed by atoms with Gasteiger partial charge in [0.15, 0.2) is 0 Å². The van der Waals surface area contributed by atoms with Crippen LogP contribution < -0.4 is 5.32 Å².